The molecule has 2 unspecified atom stereocenters. The van der Waals surface area contributed by atoms with Crippen molar-refractivity contribution >= 4 is 13.3 Å². The van der Waals surface area contributed by atoms with Crippen LogP contribution in [0.1, 0.15) is 27.7 Å². The minimum atomic E-state index is -3.70. The van der Waals surface area contributed by atoms with Crippen LogP contribution in [-0.2, 0) is 9.09 Å². The average molecular weight is 223 g/mol. The minimum Gasteiger partial charge on any atom is -0.411 e. The Labute approximate surface area is 84.3 Å². The van der Waals surface area contributed by atoms with Crippen molar-refractivity contribution in [1.29, 1.82) is 0 Å². The van der Waals surface area contributed by atoms with Crippen LogP contribution in [0.2, 0.25) is 0 Å². The second kappa shape index (κ2) is 5.49. The van der Waals surface area contributed by atoms with Gasteiger partial charge >= 0.3 is 7.60 Å². The van der Waals surface area contributed by atoms with Crippen LogP contribution < -0.4 is 0 Å². The van der Waals surface area contributed by atoms with Gasteiger partial charge in [-0.1, -0.05) is 19.0 Å². The van der Waals surface area contributed by atoms with Crippen LogP contribution in [0.5, 0.6) is 0 Å². The predicted octanol–water partition coefficient (Wildman–Crippen LogP) is 2.08. The maximum Gasteiger partial charge on any atom is 0.336 e. The quantitative estimate of drug-likeness (QED) is 0.323. The summed E-state index contributed by atoms with van der Waals surface area (Å²) in [5.41, 5.74) is -0.578. The van der Waals surface area contributed by atoms with Crippen molar-refractivity contribution in [3.63, 3.8) is 0 Å². The second-order valence-electron chi connectivity index (χ2n) is 3.67. The molecular formula is C8H18NO4P. The van der Waals surface area contributed by atoms with E-state index in [4.69, 9.17) is 9.73 Å². The molecule has 0 saturated heterocycles. The zero-order valence-electron chi connectivity index (χ0n) is 8.97. The van der Waals surface area contributed by atoms with Crippen molar-refractivity contribution in [2.24, 2.45) is 11.1 Å². The summed E-state index contributed by atoms with van der Waals surface area (Å²) in [7, 11) is -3.70. The fourth-order valence-corrected chi connectivity index (χ4v) is 1.95. The normalized spacial score (nSPS) is 19.4. The third-order valence-corrected chi connectivity index (χ3v) is 3.72. The van der Waals surface area contributed by atoms with Gasteiger partial charge in [0.15, 0.2) is 0 Å². The third kappa shape index (κ3) is 4.22. The Kier molecular flexibility index (Phi) is 5.34. The summed E-state index contributed by atoms with van der Waals surface area (Å²) < 4.78 is 16.5. The molecule has 0 aliphatic heterocycles. The number of rotatable bonds is 5. The summed E-state index contributed by atoms with van der Waals surface area (Å²) in [6.45, 7) is 6.97. The molecule has 0 heterocycles. The van der Waals surface area contributed by atoms with Gasteiger partial charge in [0.25, 0.3) is 0 Å². The molecule has 0 fully saturated rings. The Bertz CT molecular complexity index is 252. The van der Waals surface area contributed by atoms with Gasteiger partial charge in [-0.15, -0.1) is 0 Å². The SMILES string of the molecule is CC(=NO)C(C)P(=O)(O)OCC(C)C. The first kappa shape index (κ1) is 13.6. The van der Waals surface area contributed by atoms with Crippen LogP contribution in [0, 0.1) is 5.92 Å². The Morgan fingerprint density at radius 2 is 2.00 bits per heavy atom. The summed E-state index contributed by atoms with van der Waals surface area (Å²) >= 11 is 0. The monoisotopic (exact) mass is 223 g/mol. The van der Waals surface area contributed by atoms with E-state index in [-0.39, 0.29) is 18.2 Å². The fraction of sp³-hybridized carbons (Fsp3) is 0.875. The van der Waals surface area contributed by atoms with E-state index in [1.165, 1.54) is 13.8 Å². The molecule has 2 atom stereocenters. The lowest BCUT2D eigenvalue weighted by Gasteiger charge is -2.19. The van der Waals surface area contributed by atoms with Gasteiger partial charge in [-0.3, -0.25) is 4.57 Å². The summed E-state index contributed by atoms with van der Waals surface area (Å²) in [4.78, 5) is 9.47. The Morgan fingerprint density at radius 3 is 2.36 bits per heavy atom. The molecule has 0 bridgehead atoms. The maximum absolute atomic E-state index is 11.6. The van der Waals surface area contributed by atoms with Crippen LogP contribution in [0.25, 0.3) is 0 Å². The lowest BCUT2D eigenvalue weighted by Crippen LogP contribution is -2.17. The number of nitrogens with zero attached hydrogens (tertiary/aromatic N) is 1. The molecule has 14 heavy (non-hydrogen) atoms. The van der Waals surface area contributed by atoms with Gasteiger partial charge in [-0.05, 0) is 19.8 Å². The van der Waals surface area contributed by atoms with E-state index in [1.54, 1.807) is 0 Å². The lowest BCUT2D eigenvalue weighted by atomic mass is 10.2. The first-order valence-electron chi connectivity index (χ1n) is 4.46. The van der Waals surface area contributed by atoms with Gasteiger partial charge < -0.3 is 14.6 Å². The van der Waals surface area contributed by atoms with E-state index in [1.807, 2.05) is 13.8 Å². The van der Waals surface area contributed by atoms with Crippen molar-refractivity contribution in [2.75, 3.05) is 6.61 Å². The molecule has 0 saturated carbocycles. The smallest absolute Gasteiger partial charge is 0.336 e. The molecule has 0 aromatic carbocycles. The summed E-state index contributed by atoms with van der Waals surface area (Å²) in [5.74, 6) is 0.189. The Hall–Kier alpha value is -0.380. The molecule has 84 valence electrons. The number of hydrogen-bond donors (Lipinski definition) is 2. The van der Waals surface area contributed by atoms with Crippen LogP contribution in [0.3, 0.4) is 0 Å². The molecule has 0 aromatic heterocycles. The van der Waals surface area contributed by atoms with Gasteiger partial charge in [0.1, 0.15) is 0 Å². The van der Waals surface area contributed by atoms with Gasteiger partial charge in [0.2, 0.25) is 0 Å². The topological polar surface area (TPSA) is 79.1 Å². The van der Waals surface area contributed by atoms with E-state index in [0.717, 1.165) is 0 Å². The first-order valence-corrected chi connectivity index (χ1v) is 6.11. The average Bonchev–Trinajstić information content (AvgIpc) is 2.12. The van der Waals surface area contributed by atoms with Gasteiger partial charge in [0, 0.05) is 0 Å². The standard InChI is InChI=1S/C8H18NO4P/c1-6(2)5-13-14(11,12)8(4)7(3)9-10/h6,8,10H,5H2,1-4H3,(H,11,12). The van der Waals surface area contributed by atoms with Crippen LogP contribution in [-0.4, -0.2) is 28.1 Å². The summed E-state index contributed by atoms with van der Waals surface area (Å²) in [5, 5.41) is 11.3. The van der Waals surface area contributed by atoms with Gasteiger partial charge in [-0.2, -0.15) is 0 Å². The highest BCUT2D eigenvalue weighted by molar-refractivity contribution is 7.54. The summed E-state index contributed by atoms with van der Waals surface area (Å²) in [6.07, 6.45) is 0. The highest BCUT2D eigenvalue weighted by Crippen LogP contribution is 2.48. The molecule has 0 aliphatic carbocycles. The molecule has 2 N–H and O–H groups in total. The Morgan fingerprint density at radius 1 is 1.50 bits per heavy atom. The minimum absolute atomic E-state index is 0.189. The van der Waals surface area contributed by atoms with Gasteiger partial charge in [-0.25, -0.2) is 0 Å². The van der Waals surface area contributed by atoms with Crippen molar-refractivity contribution in [3.8, 4) is 0 Å². The van der Waals surface area contributed by atoms with Crippen molar-refractivity contribution in [1.82, 2.24) is 0 Å². The molecule has 6 heteroatoms. The summed E-state index contributed by atoms with van der Waals surface area (Å²) in [6, 6.07) is 0. The molecular weight excluding hydrogens is 205 g/mol. The first-order chi connectivity index (χ1) is 6.31. The number of oxime groups is 1. The largest absolute Gasteiger partial charge is 0.411 e. The molecule has 0 amide bonds. The van der Waals surface area contributed by atoms with E-state index >= 15 is 0 Å². The third-order valence-electron chi connectivity index (χ3n) is 1.84. The van der Waals surface area contributed by atoms with E-state index in [2.05, 4.69) is 5.16 Å². The van der Waals surface area contributed by atoms with Crippen molar-refractivity contribution < 1.29 is 19.2 Å². The van der Waals surface area contributed by atoms with Crippen molar-refractivity contribution in [3.05, 3.63) is 0 Å². The maximum atomic E-state index is 11.6. The fourth-order valence-electron chi connectivity index (χ4n) is 0.687. The molecule has 5 nitrogen and oxygen atoms in total. The zero-order chi connectivity index (χ0) is 11.4. The van der Waals surface area contributed by atoms with Crippen LogP contribution in [0.15, 0.2) is 5.16 Å². The molecule has 0 spiro atoms. The van der Waals surface area contributed by atoms with Crippen LogP contribution >= 0.6 is 7.60 Å². The zero-order valence-corrected chi connectivity index (χ0v) is 9.86. The molecule has 0 rings (SSSR count). The van der Waals surface area contributed by atoms with E-state index in [9.17, 15) is 9.46 Å². The van der Waals surface area contributed by atoms with Gasteiger partial charge in [0.05, 0.1) is 18.0 Å². The second-order valence-corrected chi connectivity index (χ2v) is 5.83. The molecule has 0 aromatic rings. The van der Waals surface area contributed by atoms with E-state index < -0.39 is 13.3 Å². The molecule has 0 radical (unpaired) electrons. The highest BCUT2D eigenvalue weighted by Gasteiger charge is 2.31. The van der Waals surface area contributed by atoms with Crippen molar-refractivity contribution in [2.45, 2.75) is 33.4 Å². The lowest BCUT2D eigenvalue weighted by molar-refractivity contribution is 0.227. The predicted molar refractivity (Wildman–Crippen MR) is 55.0 cm³/mol. The Balaban J connectivity index is 4.39. The molecule has 0 aliphatic rings. The van der Waals surface area contributed by atoms with Crippen LogP contribution in [0.4, 0.5) is 0 Å². The number of hydrogen-bond acceptors (Lipinski definition) is 4. The van der Waals surface area contributed by atoms with E-state index in [0.29, 0.717) is 0 Å². The highest BCUT2D eigenvalue weighted by atomic mass is 31.2.